The summed E-state index contributed by atoms with van der Waals surface area (Å²) in [5, 5.41) is 0.656. The van der Waals surface area contributed by atoms with Gasteiger partial charge in [0, 0.05) is 5.41 Å². The molecule has 0 aliphatic heterocycles. The van der Waals surface area contributed by atoms with E-state index in [2.05, 4.69) is 0 Å². The summed E-state index contributed by atoms with van der Waals surface area (Å²) in [5.74, 6) is 0.732. The highest BCUT2D eigenvalue weighted by molar-refractivity contribution is 7.80. The zero-order valence-electron chi connectivity index (χ0n) is 11.1. The van der Waals surface area contributed by atoms with Crippen molar-refractivity contribution in [3.63, 3.8) is 0 Å². The van der Waals surface area contributed by atoms with E-state index in [1.54, 1.807) is 0 Å². The molecular formula is C14H20ClNOS. The Morgan fingerprint density at radius 2 is 2.11 bits per heavy atom. The summed E-state index contributed by atoms with van der Waals surface area (Å²) in [7, 11) is 0. The monoisotopic (exact) mass is 285 g/mol. The molecule has 2 N–H and O–H groups in total. The highest BCUT2D eigenvalue weighted by atomic mass is 35.5. The highest BCUT2D eigenvalue weighted by Gasteiger charge is 2.20. The Morgan fingerprint density at radius 3 is 2.67 bits per heavy atom. The predicted octanol–water partition coefficient (Wildman–Crippen LogP) is 4.12. The van der Waals surface area contributed by atoms with E-state index in [1.165, 1.54) is 0 Å². The molecule has 0 aromatic heterocycles. The Bertz CT molecular complexity index is 432. The lowest BCUT2D eigenvalue weighted by Crippen LogP contribution is -2.30. The highest BCUT2D eigenvalue weighted by Crippen LogP contribution is 2.26. The van der Waals surface area contributed by atoms with Crippen molar-refractivity contribution in [2.45, 2.75) is 33.6 Å². The first-order valence-corrected chi connectivity index (χ1v) is 6.80. The number of ether oxygens (including phenoxy) is 1. The van der Waals surface area contributed by atoms with Gasteiger partial charge in [-0.3, -0.25) is 0 Å². The van der Waals surface area contributed by atoms with E-state index in [0.29, 0.717) is 16.6 Å². The standard InChI is InChI=1S/C14H20ClNOS/c1-10-5-6-12(11(15)9-10)17-8-4-7-14(2,3)13(16)18/h5-6,9H,4,7-8H2,1-3H3,(H2,16,18). The van der Waals surface area contributed by atoms with Crippen LogP contribution < -0.4 is 10.5 Å². The van der Waals surface area contributed by atoms with Crippen LogP contribution in [0.1, 0.15) is 32.3 Å². The third kappa shape index (κ3) is 4.46. The van der Waals surface area contributed by atoms with E-state index in [1.807, 2.05) is 39.0 Å². The van der Waals surface area contributed by atoms with Crippen molar-refractivity contribution < 1.29 is 4.74 Å². The Hall–Kier alpha value is -0.800. The number of hydrogen-bond donors (Lipinski definition) is 1. The van der Waals surface area contributed by atoms with E-state index >= 15 is 0 Å². The fraction of sp³-hybridized carbons (Fsp3) is 0.500. The molecule has 1 rings (SSSR count). The topological polar surface area (TPSA) is 35.2 Å². The van der Waals surface area contributed by atoms with Crippen molar-refractivity contribution in [2.24, 2.45) is 11.1 Å². The Kier molecular flexibility index (Phi) is 5.42. The van der Waals surface area contributed by atoms with E-state index in [9.17, 15) is 0 Å². The number of halogens is 1. The largest absolute Gasteiger partial charge is 0.492 e. The summed E-state index contributed by atoms with van der Waals surface area (Å²) in [6.07, 6.45) is 1.81. The van der Waals surface area contributed by atoms with Crippen LogP contribution in [0, 0.1) is 12.3 Å². The molecule has 4 heteroatoms. The Labute approximate surface area is 119 Å². The smallest absolute Gasteiger partial charge is 0.137 e. The zero-order chi connectivity index (χ0) is 13.8. The van der Waals surface area contributed by atoms with Crippen LogP contribution in [0.3, 0.4) is 0 Å². The second-order valence-corrected chi connectivity index (χ2v) is 5.98. The van der Waals surface area contributed by atoms with Crippen LogP contribution in [0.15, 0.2) is 18.2 Å². The van der Waals surface area contributed by atoms with Crippen LogP contribution in [-0.4, -0.2) is 11.6 Å². The maximum Gasteiger partial charge on any atom is 0.137 e. The van der Waals surface area contributed by atoms with E-state index < -0.39 is 0 Å². The van der Waals surface area contributed by atoms with Crippen molar-refractivity contribution in [3.8, 4) is 5.75 Å². The number of nitrogens with two attached hydrogens (primary N) is 1. The van der Waals surface area contributed by atoms with Gasteiger partial charge in [-0.1, -0.05) is 43.7 Å². The van der Waals surface area contributed by atoms with Gasteiger partial charge in [-0.2, -0.15) is 0 Å². The summed E-state index contributed by atoms with van der Waals surface area (Å²) in [6, 6.07) is 5.78. The molecule has 0 atom stereocenters. The molecule has 0 radical (unpaired) electrons. The quantitative estimate of drug-likeness (QED) is 0.631. The molecule has 18 heavy (non-hydrogen) atoms. The maximum absolute atomic E-state index is 6.08. The van der Waals surface area contributed by atoms with Crippen LogP contribution in [0.4, 0.5) is 0 Å². The van der Waals surface area contributed by atoms with Crippen LogP contribution >= 0.6 is 23.8 Å². The van der Waals surface area contributed by atoms with Gasteiger partial charge in [0.25, 0.3) is 0 Å². The minimum absolute atomic E-state index is 0.115. The van der Waals surface area contributed by atoms with Crippen LogP contribution in [-0.2, 0) is 0 Å². The third-order valence-corrected chi connectivity index (χ3v) is 3.81. The van der Waals surface area contributed by atoms with Gasteiger partial charge in [0.1, 0.15) is 5.75 Å². The third-order valence-electron chi connectivity index (χ3n) is 2.96. The molecule has 0 saturated carbocycles. The lowest BCUT2D eigenvalue weighted by Gasteiger charge is -2.22. The molecule has 0 bridgehead atoms. The summed E-state index contributed by atoms with van der Waals surface area (Å²) >= 11 is 11.1. The van der Waals surface area contributed by atoms with Gasteiger partial charge in [0.15, 0.2) is 0 Å². The van der Waals surface area contributed by atoms with E-state index in [-0.39, 0.29) is 5.41 Å². The summed E-state index contributed by atoms with van der Waals surface area (Å²) in [6.45, 7) is 6.72. The number of benzene rings is 1. The molecule has 2 nitrogen and oxygen atoms in total. The summed E-state index contributed by atoms with van der Waals surface area (Å²) in [5.41, 5.74) is 6.69. The van der Waals surface area contributed by atoms with Crippen molar-refractivity contribution in [1.82, 2.24) is 0 Å². The van der Waals surface area contributed by atoms with Gasteiger partial charge in [-0.15, -0.1) is 0 Å². The molecule has 100 valence electrons. The fourth-order valence-electron chi connectivity index (χ4n) is 1.54. The molecule has 0 aliphatic rings. The summed E-state index contributed by atoms with van der Waals surface area (Å²) in [4.78, 5) is 0.552. The number of aryl methyl sites for hydroxylation is 1. The van der Waals surface area contributed by atoms with Crippen LogP contribution in [0.5, 0.6) is 5.75 Å². The number of thiocarbonyl (C=S) groups is 1. The normalized spacial score (nSPS) is 11.3. The first-order chi connectivity index (χ1) is 8.33. The van der Waals surface area contributed by atoms with Gasteiger partial charge in [0.2, 0.25) is 0 Å². The molecule has 0 unspecified atom stereocenters. The second-order valence-electron chi connectivity index (χ2n) is 5.13. The molecule has 0 heterocycles. The maximum atomic E-state index is 6.08. The Morgan fingerprint density at radius 1 is 1.44 bits per heavy atom. The van der Waals surface area contributed by atoms with Crippen molar-refractivity contribution >= 4 is 28.8 Å². The molecule has 0 amide bonds. The molecule has 0 aliphatic carbocycles. The van der Waals surface area contributed by atoms with Crippen molar-refractivity contribution in [2.75, 3.05) is 6.61 Å². The zero-order valence-corrected chi connectivity index (χ0v) is 12.7. The molecule has 0 spiro atoms. The molecule has 0 saturated heterocycles. The average Bonchev–Trinajstić information content (AvgIpc) is 2.26. The van der Waals surface area contributed by atoms with Gasteiger partial charge < -0.3 is 10.5 Å². The molecule has 0 fully saturated rings. The average molecular weight is 286 g/mol. The van der Waals surface area contributed by atoms with Crippen LogP contribution in [0.25, 0.3) is 0 Å². The minimum Gasteiger partial charge on any atom is -0.492 e. The molecule has 1 aromatic carbocycles. The molecule has 1 aromatic rings. The predicted molar refractivity (Wildman–Crippen MR) is 81.5 cm³/mol. The summed E-state index contributed by atoms with van der Waals surface area (Å²) < 4.78 is 5.65. The van der Waals surface area contributed by atoms with Crippen molar-refractivity contribution in [1.29, 1.82) is 0 Å². The second kappa shape index (κ2) is 6.39. The minimum atomic E-state index is -0.115. The van der Waals surface area contributed by atoms with Crippen molar-refractivity contribution in [3.05, 3.63) is 28.8 Å². The van der Waals surface area contributed by atoms with Gasteiger partial charge in [-0.25, -0.2) is 0 Å². The van der Waals surface area contributed by atoms with Crippen LogP contribution in [0.2, 0.25) is 5.02 Å². The van der Waals surface area contributed by atoms with Gasteiger partial charge >= 0.3 is 0 Å². The SMILES string of the molecule is Cc1ccc(OCCCC(C)(C)C(N)=S)c(Cl)c1. The first kappa shape index (κ1) is 15.3. The van der Waals surface area contributed by atoms with Gasteiger partial charge in [-0.05, 0) is 37.5 Å². The number of hydrogen-bond acceptors (Lipinski definition) is 2. The van der Waals surface area contributed by atoms with Gasteiger partial charge in [0.05, 0.1) is 16.6 Å². The van der Waals surface area contributed by atoms with E-state index in [0.717, 1.165) is 24.2 Å². The number of rotatable bonds is 6. The lowest BCUT2D eigenvalue weighted by molar-refractivity contribution is 0.288. The fourth-order valence-corrected chi connectivity index (χ4v) is 1.93. The lowest BCUT2D eigenvalue weighted by atomic mass is 9.88. The van der Waals surface area contributed by atoms with E-state index in [4.69, 9.17) is 34.3 Å². The Balaban J connectivity index is 2.41. The first-order valence-electron chi connectivity index (χ1n) is 6.02. The molecular weight excluding hydrogens is 266 g/mol.